The van der Waals surface area contributed by atoms with Gasteiger partial charge in [-0.3, -0.25) is 9.59 Å². The molecule has 0 spiro atoms. The van der Waals surface area contributed by atoms with Gasteiger partial charge in [0.25, 0.3) is 0 Å². The molecule has 2 heterocycles. The number of fused-ring (bicyclic) bond motifs is 1. The van der Waals surface area contributed by atoms with Crippen LogP contribution in [0.2, 0.25) is 0 Å². The molecule has 10 nitrogen and oxygen atoms in total. The van der Waals surface area contributed by atoms with Crippen molar-refractivity contribution in [2.45, 2.75) is 33.0 Å². The van der Waals surface area contributed by atoms with Gasteiger partial charge in [-0.2, -0.15) is 9.97 Å². The zero-order chi connectivity index (χ0) is 17.1. The molecule has 122 valence electrons. The highest BCUT2D eigenvalue weighted by Crippen LogP contribution is 2.24. The molecule has 0 aliphatic heterocycles. The van der Waals surface area contributed by atoms with Crippen LogP contribution in [0.5, 0.6) is 0 Å². The van der Waals surface area contributed by atoms with Gasteiger partial charge in [0.15, 0.2) is 23.1 Å². The van der Waals surface area contributed by atoms with Crippen LogP contribution in [0.1, 0.15) is 32.6 Å². The number of rotatable bonds is 4. The van der Waals surface area contributed by atoms with E-state index in [9.17, 15) is 9.59 Å². The highest BCUT2D eigenvalue weighted by Gasteiger charge is 2.27. The van der Waals surface area contributed by atoms with Crippen molar-refractivity contribution in [1.29, 1.82) is 0 Å². The molecule has 0 fully saturated rings. The largest absolute Gasteiger partial charge is 0.458 e. The second-order valence-electron chi connectivity index (χ2n) is 4.78. The van der Waals surface area contributed by atoms with Gasteiger partial charge in [0.2, 0.25) is 5.95 Å². The first-order valence-corrected chi connectivity index (χ1v) is 6.68. The number of hydrogen-bond donors (Lipinski definition) is 2. The number of anilines is 2. The summed E-state index contributed by atoms with van der Waals surface area (Å²) in [6, 6.07) is 0. The molecule has 0 unspecified atom stereocenters. The van der Waals surface area contributed by atoms with Gasteiger partial charge >= 0.3 is 11.9 Å². The average Bonchev–Trinajstić information content (AvgIpc) is 2.43. The molecule has 0 aliphatic rings. The van der Waals surface area contributed by atoms with Gasteiger partial charge in [0.1, 0.15) is 11.8 Å². The molecule has 2 aromatic heterocycles. The molecule has 0 saturated heterocycles. The summed E-state index contributed by atoms with van der Waals surface area (Å²) in [5, 5.41) is 0. The molecule has 4 N–H and O–H groups in total. The minimum atomic E-state index is -0.940. The van der Waals surface area contributed by atoms with Crippen molar-refractivity contribution >= 4 is 34.9 Å². The van der Waals surface area contributed by atoms with Crippen LogP contribution in [-0.2, 0) is 19.1 Å². The first-order chi connectivity index (χ1) is 10.8. The Morgan fingerprint density at radius 1 is 1.09 bits per heavy atom. The van der Waals surface area contributed by atoms with E-state index in [-0.39, 0.29) is 28.6 Å². The Balaban J connectivity index is 2.47. The summed E-state index contributed by atoms with van der Waals surface area (Å²) in [5.41, 5.74) is 11.9. The fourth-order valence-corrected chi connectivity index (χ4v) is 2.00. The van der Waals surface area contributed by atoms with Crippen molar-refractivity contribution in [2.24, 2.45) is 0 Å². The maximum absolute atomic E-state index is 11.3. The van der Waals surface area contributed by atoms with E-state index < -0.39 is 24.1 Å². The molecule has 2 rings (SSSR count). The summed E-state index contributed by atoms with van der Waals surface area (Å²) < 4.78 is 10.2. The Morgan fingerprint density at radius 2 is 1.74 bits per heavy atom. The molecule has 23 heavy (non-hydrogen) atoms. The molecule has 0 bridgehead atoms. The van der Waals surface area contributed by atoms with Crippen LogP contribution in [0, 0.1) is 0 Å². The Hall–Kier alpha value is -3.04. The topological polar surface area (TPSA) is 156 Å². The van der Waals surface area contributed by atoms with Crippen LogP contribution in [0.3, 0.4) is 0 Å². The van der Waals surface area contributed by atoms with Crippen LogP contribution >= 0.6 is 0 Å². The fraction of sp³-hybridized carbons (Fsp3) is 0.385. The predicted octanol–water partition coefficient (Wildman–Crippen LogP) is 0.140. The smallest absolute Gasteiger partial charge is 0.303 e. The summed E-state index contributed by atoms with van der Waals surface area (Å²) in [6.07, 6.45) is -0.355. The number of carbonyl (C=O) groups is 2. The molecule has 0 aromatic carbocycles. The van der Waals surface area contributed by atoms with Gasteiger partial charge in [0.05, 0.1) is 6.20 Å². The number of nitrogens with zero attached hydrogens (tertiary/aromatic N) is 4. The normalized spacial score (nSPS) is 13.3. The summed E-state index contributed by atoms with van der Waals surface area (Å²) in [5.74, 6) is -1.05. The van der Waals surface area contributed by atoms with E-state index in [1.165, 1.54) is 20.0 Å². The van der Waals surface area contributed by atoms with Crippen LogP contribution < -0.4 is 11.5 Å². The Morgan fingerprint density at radius 3 is 2.35 bits per heavy atom. The third-order valence-electron chi connectivity index (χ3n) is 2.83. The van der Waals surface area contributed by atoms with Crippen molar-refractivity contribution in [1.82, 2.24) is 19.9 Å². The standard InChI is InChI=1S/C13H16N6O4/c1-5(22-6(2)20)10(23-7(3)21)8-4-16-12-9(17-8)11(14)18-13(15)19-12/h4-5,10H,1-3H3,(H4,14,15,16,18,19)/t5-,10-/m0/s1. The second kappa shape index (κ2) is 6.38. The Kier molecular flexibility index (Phi) is 4.53. The molecule has 0 aliphatic carbocycles. The number of aromatic nitrogens is 4. The monoisotopic (exact) mass is 320 g/mol. The fourth-order valence-electron chi connectivity index (χ4n) is 2.00. The zero-order valence-corrected chi connectivity index (χ0v) is 12.8. The second-order valence-corrected chi connectivity index (χ2v) is 4.78. The molecular formula is C13H16N6O4. The van der Waals surface area contributed by atoms with E-state index in [1.807, 2.05) is 0 Å². The average molecular weight is 320 g/mol. The number of ether oxygens (including phenoxy) is 2. The van der Waals surface area contributed by atoms with E-state index >= 15 is 0 Å². The van der Waals surface area contributed by atoms with Gasteiger partial charge in [-0.15, -0.1) is 0 Å². The third kappa shape index (κ3) is 3.78. The molecule has 0 amide bonds. The number of nitrogen functional groups attached to an aromatic ring is 2. The van der Waals surface area contributed by atoms with Crippen molar-refractivity contribution in [3.63, 3.8) is 0 Å². The summed E-state index contributed by atoms with van der Waals surface area (Å²) in [4.78, 5) is 38.5. The molecule has 0 radical (unpaired) electrons. The van der Waals surface area contributed by atoms with E-state index in [0.29, 0.717) is 0 Å². The Bertz CT molecular complexity index is 765. The van der Waals surface area contributed by atoms with Gasteiger partial charge in [-0.1, -0.05) is 0 Å². The van der Waals surface area contributed by atoms with Crippen molar-refractivity contribution in [3.05, 3.63) is 11.9 Å². The maximum Gasteiger partial charge on any atom is 0.303 e. The molecule has 2 atom stereocenters. The van der Waals surface area contributed by atoms with Crippen LogP contribution in [0.4, 0.5) is 11.8 Å². The number of esters is 2. The number of carbonyl (C=O) groups excluding carboxylic acids is 2. The highest BCUT2D eigenvalue weighted by atomic mass is 16.6. The van der Waals surface area contributed by atoms with E-state index in [1.54, 1.807) is 6.92 Å². The summed E-state index contributed by atoms with van der Waals surface area (Å²) >= 11 is 0. The maximum atomic E-state index is 11.3. The van der Waals surface area contributed by atoms with Crippen molar-refractivity contribution in [2.75, 3.05) is 11.5 Å². The van der Waals surface area contributed by atoms with E-state index in [0.717, 1.165) is 0 Å². The number of nitrogens with two attached hydrogens (primary N) is 2. The molecule has 0 saturated carbocycles. The van der Waals surface area contributed by atoms with Gasteiger partial charge in [-0.05, 0) is 6.92 Å². The first-order valence-electron chi connectivity index (χ1n) is 6.68. The van der Waals surface area contributed by atoms with E-state index in [2.05, 4.69) is 19.9 Å². The van der Waals surface area contributed by atoms with Gasteiger partial charge in [0, 0.05) is 13.8 Å². The van der Waals surface area contributed by atoms with Crippen LogP contribution in [0.25, 0.3) is 11.2 Å². The van der Waals surface area contributed by atoms with E-state index in [4.69, 9.17) is 20.9 Å². The Labute approximate surface area is 131 Å². The van der Waals surface area contributed by atoms with Gasteiger partial charge < -0.3 is 20.9 Å². The molecule has 10 heteroatoms. The molecule has 2 aromatic rings. The zero-order valence-electron chi connectivity index (χ0n) is 12.8. The lowest BCUT2D eigenvalue weighted by Gasteiger charge is -2.22. The lowest BCUT2D eigenvalue weighted by Crippen LogP contribution is -2.26. The number of hydrogen-bond acceptors (Lipinski definition) is 10. The highest BCUT2D eigenvalue weighted by molar-refractivity contribution is 5.81. The van der Waals surface area contributed by atoms with Crippen LogP contribution in [-0.4, -0.2) is 38.0 Å². The first kappa shape index (κ1) is 16.3. The SMILES string of the molecule is CC(=O)O[C@@H](C)[C@H](OC(C)=O)c1cnc2nc(N)nc(N)c2n1. The lowest BCUT2D eigenvalue weighted by molar-refractivity contribution is -0.164. The minimum absolute atomic E-state index is 0.0260. The quantitative estimate of drug-likeness (QED) is 0.742. The van der Waals surface area contributed by atoms with Crippen LogP contribution in [0.15, 0.2) is 6.20 Å². The molecular weight excluding hydrogens is 304 g/mol. The lowest BCUT2D eigenvalue weighted by atomic mass is 10.1. The predicted molar refractivity (Wildman–Crippen MR) is 79.7 cm³/mol. The van der Waals surface area contributed by atoms with Gasteiger partial charge in [-0.25, -0.2) is 9.97 Å². The van der Waals surface area contributed by atoms with Crippen molar-refractivity contribution < 1.29 is 19.1 Å². The summed E-state index contributed by atoms with van der Waals surface area (Å²) in [6.45, 7) is 4.06. The third-order valence-corrected chi connectivity index (χ3v) is 2.83. The summed E-state index contributed by atoms with van der Waals surface area (Å²) in [7, 11) is 0. The minimum Gasteiger partial charge on any atom is -0.458 e. The van der Waals surface area contributed by atoms with Crippen molar-refractivity contribution in [3.8, 4) is 0 Å².